The molecule has 0 amide bonds. The van der Waals surface area contributed by atoms with Crippen LogP contribution in [-0.4, -0.2) is 9.55 Å². The lowest BCUT2D eigenvalue weighted by Gasteiger charge is -2.26. The molecular weight excluding hydrogens is 639 g/mol. The highest BCUT2D eigenvalue weighted by Gasteiger charge is 2.16. The first-order valence-corrected chi connectivity index (χ1v) is 18.0. The zero-order valence-corrected chi connectivity index (χ0v) is 28.5. The Morgan fingerprint density at radius 1 is 0.412 bits per heavy atom. The molecule has 10 rings (SSSR count). The highest BCUT2D eigenvalue weighted by Crippen LogP contribution is 2.41. The van der Waals surface area contributed by atoms with Gasteiger partial charge in [0.2, 0.25) is 0 Å². The topological polar surface area (TPSA) is 21.1 Å². The molecule has 0 spiro atoms. The summed E-state index contributed by atoms with van der Waals surface area (Å²) in [5.41, 5.74) is 11.5. The molecule has 0 saturated carbocycles. The standard InChI is InChI=1S/C47H31N3S/c1-2-9-32(10-3-1)33-17-21-36(22-18-33)49(39-25-26-43-42-14-5-7-16-46(42)51-47(43)30-39)37-23-19-34(20-24-37)35-11-8-12-38(29-35)50-44-15-6-4-13-40(44)41-27-28-48-31-45(41)50/h1-31H. The van der Waals surface area contributed by atoms with Gasteiger partial charge in [-0.1, -0.05) is 109 Å². The van der Waals surface area contributed by atoms with Gasteiger partial charge in [0.1, 0.15) is 0 Å². The lowest BCUT2D eigenvalue weighted by Crippen LogP contribution is -2.09. The van der Waals surface area contributed by atoms with Crippen LogP contribution < -0.4 is 4.90 Å². The Kier molecular flexibility index (Phi) is 7.00. The van der Waals surface area contributed by atoms with E-state index in [1.807, 2.05) is 23.7 Å². The van der Waals surface area contributed by atoms with E-state index in [1.165, 1.54) is 58.7 Å². The van der Waals surface area contributed by atoms with E-state index in [0.29, 0.717) is 0 Å². The number of anilines is 3. The van der Waals surface area contributed by atoms with Crippen molar-refractivity contribution in [2.24, 2.45) is 0 Å². The van der Waals surface area contributed by atoms with Crippen LogP contribution >= 0.6 is 11.3 Å². The number of thiophene rings is 1. The fraction of sp³-hybridized carbons (Fsp3) is 0. The Balaban J connectivity index is 1.06. The third-order valence-electron chi connectivity index (χ3n) is 9.89. The predicted octanol–water partition coefficient (Wildman–Crippen LogP) is 13.4. The lowest BCUT2D eigenvalue weighted by atomic mass is 10.0. The smallest absolute Gasteiger partial charge is 0.0724 e. The van der Waals surface area contributed by atoms with Crippen LogP contribution in [0.1, 0.15) is 0 Å². The molecule has 0 radical (unpaired) electrons. The summed E-state index contributed by atoms with van der Waals surface area (Å²) in [6.07, 6.45) is 3.84. The summed E-state index contributed by atoms with van der Waals surface area (Å²) in [6.45, 7) is 0. The number of aromatic nitrogens is 2. The van der Waals surface area contributed by atoms with Crippen molar-refractivity contribution in [3.63, 3.8) is 0 Å². The number of benzene rings is 7. The molecule has 51 heavy (non-hydrogen) atoms. The molecule has 4 heteroatoms. The van der Waals surface area contributed by atoms with Crippen LogP contribution in [0.15, 0.2) is 188 Å². The van der Waals surface area contributed by atoms with E-state index < -0.39 is 0 Å². The van der Waals surface area contributed by atoms with Gasteiger partial charge in [-0.05, 0) is 89.0 Å². The van der Waals surface area contributed by atoms with Gasteiger partial charge in [0.05, 0.1) is 17.2 Å². The molecule has 3 nitrogen and oxygen atoms in total. The molecule has 240 valence electrons. The number of fused-ring (bicyclic) bond motifs is 6. The van der Waals surface area contributed by atoms with Gasteiger partial charge in [0, 0.05) is 59.9 Å². The van der Waals surface area contributed by atoms with Gasteiger partial charge in [-0.15, -0.1) is 11.3 Å². The van der Waals surface area contributed by atoms with E-state index in [9.17, 15) is 0 Å². The SMILES string of the molecule is c1ccc(-c2ccc(N(c3ccc(-c4cccc(-n5c6ccccc6c6ccncc65)c4)cc3)c3ccc4c(c3)sc3ccccc34)cc2)cc1. The van der Waals surface area contributed by atoms with Crippen molar-refractivity contribution >= 4 is 70.4 Å². The number of hydrogen-bond acceptors (Lipinski definition) is 3. The molecule has 3 aromatic heterocycles. The third kappa shape index (κ3) is 5.08. The molecule has 3 heterocycles. The Hall–Kier alpha value is -6.49. The monoisotopic (exact) mass is 669 g/mol. The average Bonchev–Trinajstić information content (AvgIpc) is 3.74. The summed E-state index contributed by atoms with van der Waals surface area (Å²) >= 11 is 1.85. The normalized spacial score (nSPS) is 11.5. The van der Waals surface area contributed by atoms with Crippen molar-refractivity contribution in [2.75, 3.05) is 4.90 Å². The molecule has 0 unspecified atom stereocenters. The summed E-state index contributed by atoms with van der Waals surface area (Å²) in [7, 11) is 0. The minimum absolute atomic E-state index is 1.11. The van der Waals surface area contributed by atoms with Crippen molar-refractivity contribution in [1.82, 2.24) is 9.55 Å². The molecule has 0 fully saturated rings. The van der Waals surface area contributed by atoms with Gasteiger partial charge in [0.25, 0.3) is 0 Å². The minimum atomic E-state index is 1.11. The summed E-state index contributed by atoms with van der Waals surface area (Å²) in [5, 5.41) is 5.05. The summed E-state index contributed by atoms with van der Waals surface area (Å²) in [5.74, 6) is 0. The first-order chi connectivity index (χ1) is 25.3. The fourth-order valence-corrected chi connectivity index (χ4v) is 8.60. The maximum atomic E-state index is 4.47. The first kappa shape index (κ1) is 29.4. The molecule has 0 saturated heterocycles. The van der Waals surface area contributed by atoms with Crippen LogP contribution in [0.2, 0.25) is 0 Å². The van der Waals surface area contributed by atoms with E-state index >= 15 is 0 Å². The minimum Gasteiger partial charge on any atom is -0.310 e. The maximum absolute atomic E-state index is 4.47. The third-order valence-corrected chi connectivity index (χ3v) is 11.0. The van der Waals surface area contributed by atoms with E-state index in [1.54, 1.807) is 0 Å². The van der Waals surface area contributed by atoms with E-state index in [-0.39, 0.29) is 0 Å². The zero-order chi connectivity index (χ0) is 33.7. The highest BCUT2D eigenvalue weighted by molar-refractivity contribution is 7.25. The molecule has 0 aliphatic rings. The van der Waals surface area contributed by atoms with Crippen molar-refractivity contribution in [3.05, 3.63) is 188 Å². The van der Waals surface area contributed by atoms with Crippen molar-refractivity contribution < 1.29 is 0 Å². The number of rotatable bonds is 6. The van der Waals surface area contributed by atoms with E-state index in [0.717, 1.165) is 28.3 Å². The molecule has 0 atom stereocenters. The van der Waals surface area contributed by atoms with Crippen LogP contribution in [-0.2, 0) is 0 Å². The molecular formula is C47H31N3S. The zero-order valence-electron chi connectivity index (χ0n) is 27.6. The first-order valence-electron chi connectivity index (χ1n) is 17.2. The highest BCUT2D eigenvalue weighted by atomic mass is 32.1. The summed E-state index contributed by atoms with van der Waals surface area (Å²) in [6, 6.07) is 63.5. The van der Waals surface area contributed by atoms with Gasteiger partial charge >= 0.3 is 0 Å². The Morgan fingerprint density at radius 3 is 1.82 bits per heavy atom. The maximum Gasteiger partial charge on any atom is 0.0724 e. The quantitative estimate of drug-likeness (QED) is 0.176. The fourth-order valence-electron chi connectivity index (χ4n) is 7.46. The number of hydrogen-bond donors (Lipinski definition) is 0. The van der Waals surface area contributed by atoms with Gasteiger partial charge < -0.3 is 9.47 Å². The van der Waals surface area contributed by atoms with Crippen LogP contribution in [0.25, 0.3) is 69.9 Å². The van der Waals surface area contributed by atoms with Gasteiger partial charge in [-0.2, -0.15) is 0 Å². The second-order valence-electron chi connectivity index (χ2n) is 12.9. The predicted molar refractivity (Wildman–Crippen MR) is 217 cm³/mol. The molecule has 7 aromatic carbocycles. The van der Waals surface area contributed by atoms with E-state index in [2.05, 4.69) is 190 Å². The van der Waals surface area contributed by atoms with Crippen LogP contribution in [0, 0.1) is 0 Å². The lowest BCUT2D eigenvalue weighted by molar-refractivity contribution is 1.17. The Morgan fingerprint density at radius 2 is 1.02 bits per heavy atom. The average molecular weight is 670 g/mol. The molecule has 0 N–H and O–H groups in total. The summed E-state index contributed by atoms with van der Waals surface area (Å²) < 4.78 is 4.92. The van der Waals surface area contributed by atoms with Gasteiger partial charge in [0.15, 0.2) is 0 Å². The van der Waals surface area contributed by atoms with Crippen LogP contribution in [0.5, 0.6) is 0 Å². The molecule has 0 aliphatic heterocycles. The van der Waals surface area contributed by atoms with Crippen LogP contribution in [0.3, 0.4) is 0 Å². The second kappa shape index (κ2) is 12.1. The second-order valence-corrected chi connectivity index (χ2v) is 14.0. The van der Waals surface area contributed by atoms with Crippen molar-refractivity contribution in [3.8, 4) is 27.9 Å². The Bertz CT molecular complexity index is 2800. The number of para-hydroxylation sites is 1. The molecule has 10 aromatic rings. The van der Waals surface area contributed by atoms with E-state index in [4.69, 9.17) is 0 Å². The Labute approximate surface area is 299 Å². The van der Waals surface area contributed by atoms with Gasteiger partial charge in [-0.3, -0.25) is 4.98 Å². The van der Waals surface area contributed by atoms with Crippen LogP contribution in [0.4, 0.5) is 17.1 Å². The largest absolute Gasteiger partial charge is 0.310 e. The molecule has 0 bridgehead atoms. The molecule has 0 aliphatic carbocycles. The number of nitrogens with zero attached hydrogens (tertiary/aromatic N) is 3. The number of pyridine rings is 1. The van der Waals surface area contributed by atoms with Gasteiger partial charge in [-0.25, -0.2) is 0 Å². The van der Waals surface area contributed by atoms with Crippen molar-refractivity contribution in [2.45, 2.75) is 0 Å². The van der Waals surface area contributed by atoms with Crippen molar-refractivity contribution in [1.29, 1.82) is 0 Å². The summed E-state index contributed by atoms with van der Waals surface area (Å²) in [4.78, 5) is 6.84.